The Kier molecular flexibility index (Phi) is 12.9. The van der Waals surface area contributed by atoms with E-state index in [2.05, 4.69) is 37.1 Å². The van der Waals surface area contributed by atoms with Crippen molar-refractivity contribution >= 4 is 57.3 Å². The lowest BCUT2D eigenvalue weighted by atomic mass is 9.95. The molecule has 0 spiro atoms. The Morgan fingerprint density at radius 1 is 0.979 bits per heavy atom. The maximum Gasteiger partial charge on any atom is 0.338 e. The molecule has 0 unspecified atom stereocenters. The lowest BCUT2D eigenvalue weighted by Crippen LogP contribution is -2.45. The first-order valence-electron chi connectivity index (χ1n) is 14.9. The summed E-state index contributed by atoms with van der Waals surface area (Å²) in [5, 5.41) is 10.5. The van der Waals surface area contributed by atoms with Gasteiger partial charge in [0.2, 0.25) is 0 Å². The lowest BCUT2D eigenvalue weighted by Gasteiger charge is -2.30. The molecule has 1 amide bonds. The molecular formula is C34H35BrN4O8S. The predicted octanol–water partition coefficient (Wildman–Crippen LogP) is 5.10. The SMILES string of the molecule is CCOC(=O)C1=C(C)NC(=S)N[C@@H]1c1ccccc1OCC(=O)NN=Cc1cc(Br)cc(OC)c1OCc1ccc(C(=O)OCC)cc1. The van der Waals surface area contributed by atoms with Crippen LogP contribution in [0, 0.1) is 0 Å². The zero-order valence-corrected chi connectivity index (χ0v) is 29.2. The van der Waals surface area contributed by atoms with Crippen LogP contribution in [0.5, 0.6) is 17.2 Å². The molecule has 3 aromatic rings. The molecule has 0 aliphatic carbocycles. The third-order valence-corrected chi connectivity index (χ3v) is 7.54. The number of carbonyl (C=O) groups excluding carboxylic acids is 3. The molecule has 4 rings (SSSR count). The number of methoxy groups -OCH3 is 1. The zero-order chi connectivity index (χ0) is 34.6. The molecule has 0 saturated carbocycles. The van der Waals surface area contributed by atoms with E-state index >= 15 is 0 Å². The van der Waals surface area contributed by atoms with E-state index in [1.807, 2.05) is 0 Å². The number of esters is 2. The number of nitrogens with zero attached hydrogens (tertiary/aromatic N) is 1. The van der Waals surface area contributed by atoms with Gasteiger partial charge in [-0.3, -0.25) is 4.79 Å². The molecule has 1 aliphatic heterocycles. The van der Waals surface area contributed by atoms with Gasteiger partial charge in [-0.15, -0.1) is 0 Å². The molecule has 3 N–H and O–H groups in total. The quantitative estimate of drug-likeness (QED) is 0.0879. The van der Waals surface area contributed by atoms with Crippen molar-refractivity contribution in [3.05, 3.63) is 98.7 Å². The molecule has 1 aliphatic rings. The van der Waals surface area contributed by atoms with Crippen molar-refractivity contribution < 1.29 is 38.1 Å². The number of benzene rings is 3. The molecular weight excluding hydrogens is 704 g/mol. The first-order valence-corrected chi connectivity index (χ1v) is 16.1. The highest BCUT2D eigenvalue weighted by molar-refractivity contribution is 9.10. The number of ether oxygens (including phenoxy) is 5. The number of rotatable bonds is 14. The number of hydrogen-bond donors (Lipinski definition) is 3. The van der Waals surface area contributed by atoms with E-state index in [4.69, 9.17) is 35.9 Å². The van der Waals surface area contributed by atoms with E-state index in [0.717, 1.165) is 5.56 Å². The van der Waals surface area contributed by atoms with Crippen molar-refractivity contribution in [2.45, 2.75) is 33.4 Å². The van der Waals surface area contributed by atoms with E-state index in [0.29, 0.717) is 61.4 Å². The highest BCUT2D eigenvalue weighted by Crippen LogP contribution is 2.35. The van der Waals surface area contributed by atoms with Crippen LogP contribution in [0.25, 0.3) is 0 Å². The first-order chi connectivity index (χ1) is 23.1. The number of hydrazone groups is 1. The van der Waals surface area contributed by atoms with Crippen molar-refractivity contribution in [3.8, 4) is 17.2 Å². The van der Waals surface area contributed by atoms with E-state index in [9.17, 15) is 14.4 Å². The molecule has 0 saturated heterocycles. The van der Waals surface area contributed by atoms with Gasteiger partial charge in [0.05, 0.1) is 43.7 Å². The summed E-state index contributed by atoms with van der Waals surface area (Å²) >= 11 is 8.79. The van der Waals surface area contributed by atoms with Gasteiger partial charge in [0, 0.05) is 21.3 Å². The average molecular weight is 740 g/mol. The largest absolute Gasteiger partial charge is 0.493 e. The van der Waals surface area contributed by atoms with Crippen molar-refractivity contribution in [2.75, 3.05) is 26.9 Å². The first kappa shape index (κ1) is 35.9. The number of allylic oxidation sites excluding steroid dienone is 1. The monoisotopic (exact) mass is 738 g/mol. The molecule has 3 aromatic carbocycles. The smallest absolute Gasteiger partial charge is 0.338 e. The fourth-order valence-electron chi connectivity index (χ4n) is 4.70. The third-order valence-electron chi connectivity index (χ3n) is 6.86. The van der Waals surface area contributed by atoms with E-state index in [1.54, 1.807) is 81.4 Å². The van der Waals surface area contributed by atoms with Crippen LogP contribution >= 0.6 is 28.1 Å². The highest BCUT2D eigenvalue weighted by Gasteiger charge is 2.32. The van der Waals surface area contributed by atoms with Crippen molar-refractivity contribution in [2.24, 2.45) is 5.10 Å². The Morgan fingerprint density at radius 2 is 1.69 bits per heavy atom. The second kappa shape index (κ2) is 17.3. The summed E-state index contributed by atoms with van der Waals surface area (Å²) in [6.07, 6.45) is 1.43. The van der Waals surface area contributed by atoms with Gasteiger partial charge in [-0.1, -0.05) is 46.3 Å². The molecule has 0 fully saturated rings. The Morgan fingerprint density at radius 3 is 2.40 bits per heavy atom. The number of carbonyl (C=O) groups is 3. The van der Waals surface area contributed by atoms with Crippen LogP contribution < -0.4 is 30.3 Å². The molecule has 48 heavy (non-hydrogen) atoms. The fourth-order valence-corrected chi connectivity index (χ4v) is 5.43. The van der Waals surface area contributed by atoms with Gasteiger partial charge in [-0.05, 0) is 68.9 Å². The van der Waals surface area contributed by atoms with Gasteiger partial charge in [0.1, 0.15) is 12.4 Å². The van der Waals surface area contributed by atoms with Gasteiger partial charge in [-0.2, -0.15) is 5.10 Å². The van der Waals surface area contributed by atoms with Gasteiger partial charge in [0.25, 0.3) is 5.91 Å². The molecule has 0 aromatic heterocycles. The summed E-state index contributed by atoms with van der Waals surface area (Å²) in [5.74, 6) is -0.212. The number of halogens is 1. The number of hydrogen-bond acceptors (Lipinski definition) is 10. The van der Waals surface area contributed by atoms with E-state index in [-0.39, 0.29) is 19.8 Å². The van der Waals surface area contributed by atoms with E-state index < -0.39 is 23.9 Å². The number of para-hydroxylation sites is 1. The van der Waals surface area contributed by atoms with Gasteiger partial charge in [-0.25, -0.2) is 15.0 Å². The number of amides is 1. The number of thiocarbonyl (C=S) groups is 1. The molecule has 14 heteroatoms. The maximum absolute atomic E-state index is 12.8. The highest BCUT2D eigenvalue weighted by atomic mass is 79.9. The minimum atomic E-state index is -0.657. The summed E-state index contributed by atoms with van der Waals surface area (Å²) in [5.41, 5.74) is 5.75. The molecule has 12 nitrogen and oxygen atoms in total. The van der Waals surface area contributed by atoms with Crippen LogP contribution in [0.15, 0.2) is 81.5 Å². The standard InChI is InChI=1S/C34H35BrN4O8S/c1-5-44-32(41)22-13-11-21(12-14-22)18-47-31-23(15-24(35)16-27(31)43-4)17-36-39-28(40)19-46-26-10-8-7-9-25(26)30-29(33(42)45-6-2)20(3)37-34(48)38-30/h7-17,30H,5-6,18-19H2,1-4H3,(H,39,40)(H2,37,38,48)/t30-/m1/s1. The Labute approximate surface area is 291 Å². The Bertz CT molecular complexity index is 1730. The third kappa shape index (κ3) is 9.32. The second-order valence-electron chi connectivity index (χ2n) is 10.1. The second-order valence-corrected chi connectivity index (χ2v) is 11.5. The molecule has 0 bridgehead atoms. The Balaban J connectivity index is 1.43. The summed E-state index contributed by atoms with van der Waals surface area (Å²) in [7, 11) is 1.51. The van der Waals surface area contributed by atoms with Crippen LogP contribution in [0.3, 0.4) is 0 Å². The molecule has 252 valence electrons. The normalized spacial score (nSPS) is 14.1. The van der Waals surface area contributed by atoms with Gasteiger partial charge in [0.15, 0.2) is 23.2 Å². The topological polar surface area (TPSA) is 146 Å². The number of nitrogens with one attached hydrogen (secondary N) is 3. The summed E-state index contributed by atoms with van der Waals surface area (Å²) in [4.78, 5) is 37.5. The summed E-state index contributed by atoms with van der Waals surface area (Å²) < 4.78 is 28.5. The molecule has 1 atom stereocenters. The zero-order valence-electron chi connectivity index (χ0n) is 26.8. The lowest BCUT2D eigenvalue weighted by molar-refractivity contribution is -0.139. The maximum atomic E-state index is 12.8. The summed E-state index contributed by atoms with van der Waals surface area (Å²) in [6.45, 7) is 5.52. The Hall–Kier alpha value is -4.95. The van der Waals surface area contributed by atoms with Crippen molar-refractivity contribution in [1.29, 1.82) is 0 Å². The van der Waals surface area contributed by atoms with Crippen LogP contribution in [0.4, 0.5) is 0 Å². The van der Waals surface area contributed by atoms with Gasteiger partial charge >= 0.3 is 11.9 Å². The average Bonchev–Trinajstić information content (AvgIpc) is 3.06. The van der Waals surface area contributed by atoms with Crippen molar-refractivity contribution in [1.82, 2.24) is 16.1 Å². The summed E-state index contributed by atoms with van der Waals surface area (Å²) in [6, 6.07) is 16.8. The van der Waals surface area contributed by atoms with E-state index in [1.165, 1.54) is 13.3 Å². The minimum Gasteiger partial charge on any atom is -0.493 e. The van der Waals surface area contributed by atoms with Crippen LogP contribution in [-0.2, 0) is 25.7 Å². The van der Waals surface area contributed by atoms with Crippen LogP contribution in [-0.4, -0.2) is 56.1 Å². The minimum absolute atomic E-state index is 0.171. The van der Waals surface area contributed by atoms with Crippen molar-refractivity contribution in [3.63, 3.8) is 0 Å². The van der Waals surface area contributed by atoms with Gasteiger partial charge < -0.3 is 34.3 Å². The fraction of sp³-hybridized carbons (Fsp3) is 0.265. The molecule has 1 heterocycles. The predicted molar refractivity (Wildman–Crippen MR) is 186 cm³/mol. The van der Waals surface area contributed by atoms with Crippen LogP contribution in [0.1, 0.15) is 53.9 Å². The van der Waals surface area contributed by atoms with Crippen LogP contribution in [0.2, 0.25) is 0 Å². The molecule has 0 radical (unpaired) electrons.